The van der Waals surface area contributed by atoms with E-state index >= 15 is 0 Å². The Morgan fingerprint density at radius 3 is 2.83 bits per heavy atom. The molecule has 0 aromatic carbocycles. The van der Waals surface area contributed by atoms with E-state index in [1.54, 1.807) is 0 Å². The van der Waals surface area contributed by atoms with E-state index in [0.717, 1.165) is 12.8 Å². The van der Waals surface area contributed by atoms with E-state index in [4.69, 9.17) is 0 Å². The van der Waals surface area contributed by atoms with Crippen LogP contribution in [0.15, 0.2) is 0 Å². The molecule has 0 saturated heterocycles. The Morgan fingerprint density at radius 2 is 2.33 bits per heavy atom. The molecular formula is C9H16O3. The molecule has 0 radical (unpaired) electrons. The van der Waals surface area contributed by atoms with Crippen molar-refractivity contribution < 1.29 is 14.6 Å². The molecule has 3 heteroatoms. The fraction of sp³-hybridized carbons (Fsp3) is 0.889. The van der Waals surface area contributed by atoms with Crippen LogP contribution in [0.3, 0.4) is 0 Å². The number of aliphatic hydroxyl groups is 1. The average Bonchev–Trinajstić information content (AvgIpc) is 2.02. The number of carbonyl (C=O) groups is 1. The maximum absolute atomic E-state index is 11.2. The van der Waals surface area contributed by atoms with E-state index in [-0.39, 0.29) is 0 Å². The first-order valence-corrected chi connectivity index (χ1v) is 4.39. The van der Waals surface area contributed by atoms with Crippen molar-refractivity contribution in [2.75, 3.05) is 7.11 Å². The van der Waals surface area contributed by atoms with E-state index in [1.807, 2.05) is 6.92 Å². The summed E-state index contributed by atoms with van der Waals surface area (Å²) in [6, 6.07) is 0. The highest BCUT2D eigenvalue weighted by Gasteiger charge is 2.40. The van der Waals surface area contributed by atoms with Gasteiger partial charge in [0.25, 0.3) is 0 Å². The van der Waals surface area contributed by atoms with Gasteiger partial charge < -0.3 is 9.84 Å². The van der Waals surface area contributed by atoms with Gasteiger partial charge in [0, 0.05) is 0 Å². The van der Waals surface area contributed by atoms with Crippen LogP contribution >= 0.6 is 0 Å². The number of hydrogen-bond donors (Lipinski definition) is 1. The van der Waals surface area contributed by atoms with Crippen LogP contribution in [0.25, 0.3) is 0 Å². The van der Waals surface area contributed by atoms with Gasteiger partial charge in [-0.05, 0) is 25.2 Å². The first kappa shape index (κ1) is 9.52. The van der Waals surface area contributed by atoms with Gasteiger partial charge in [0.2, 0.25) is 0 Å². The summed E-state index contributed by atoms with van der Waals surface area (Å²) in [5.74, 6) is -0.0584. The molecule has 0 aliphatic heterocycles. The van der Waals surface area contributed by atoms with Crippen LogP contribution in [0.2, 0.25) is 0 Å². The Hall–Kier alpha value is -0.570. The fourth-order valence-corrected chi connectivity index (χ4v) is 1.90. The lowest BCUT2D eigenvalue weighted by molar-refractivity contribution is -0.167. The summed E-state index contributed by atoms with van der Waals surface area (Å²) in [4.78, 5) is 11.2. The molecule has 1 saturated carbocycles. The molecule has 0 bridgehead atoms. The minimum atomic E-state index is -1.20. The summed E-state index contributed by atoms with van der Waals surface area (Å²) in [6.07, 6.45) is 3.09. The van der Waals surface area contributed by atoms with E-state index in [2.05, 4.69) is 4.74 Å². The zero-order chi connectivity index (χ0) is 9.19. The fourth-order valence-electron chi connectivity index (χ4n) is 1.90. The Balaban J connectivity index is 2.63. The second kappa shape index (κ2) is 3.44. The maximum atomic E-state index is 11.2. The molecule has 0 aromatic heterocycles. The standard InChI is InChI=1S/C9H16O3/c1-7-4-3-5-9(11,6-7)8(10)12-2/h7,11H,3-6H2,1-2H3. The molecule has 0 aromatic rings. The van der Waals surface area contributed by atoms with Crippen molar-refractivity contribution in [3.05, 3.63) is 0 Å². The lowest BCUT2D eigenvalue weighted by Crippen LogP contribution is -2.43. The Labute approximate surface area is 72.7 Å². The van der Waals surface area contributed by atoms with Crippen molar-refractivity contribution in [3.63, 3.8) is 0 Å². The normalized spacial score (nSPS) is 36.1. The highest BCUT2D eigenvalue weighted by atomic mass is 16.5. The number of hydrogen-bond acceptors (Lipinski definition) is 3. The van der Waals surface area contributed by atoms with Crippen LogP contribution in [-0.2, 0) is 9.53 Å². The minimum absolute atomic E-state index is 0.419. The van der Waals surface area contributed by atoms with Gasteiger partial charge in [-0.3, -0.25) is 0 Å². The van der Waals surface area contributed by atoms with Gasteiger partial charge >= 0.3 is 5.97 Å². The molecule has 0 spiro atoms. The van der Waals surface area contributed by atoms with E-state index in [9.17, 15) is 9.90 Å². The molecule has 2 atom stereocenters. The van der Waals surface area contributed by atoms with Gasteiger partial charge in [0.05, 0.1) is 7.11 Å². The first-order valence-electron chi connectivity index (χ1n) is 4.39. The van der Waals surface area contributed by atoms with Crippen LogP contribution in [0.5, 0.6) is 0 Å². The summed E-state index contributed by atoms with van der Waals surface area (Å²) in [5.41, 5.74) is -1.20. The maximum Gasteiger partial charge on any atom is 0.337 e. The van der Waals surface area contributed by atoms with Crippen molar-refractivity contribution in [1.82, 2.24) is 0 Å². The van der Waals surface area contributed by atoms with Gasteiger partial charge in [0.1, 0.15) is 0 Å². The van der Waals surface area contributed by atoms with Gasteiger partial charge in [-0.25, -0.2) is 4.79 Å². The van der Waals surface area contributed by atoms with Crippen molar-refractivity contribution in [1.29, 1.82) is 0 Å². The van der Waals surface area contributed by atoms with Crippen LogP contribution in [0.4, 0.5) is 0 Å². The molecular weight excluding hydrogens is 156 g/mol. The molecule has 1 N–H and O–H groups in total. The molecule has 1 aliphatic carbocycles. The van der Waals surface area contributed by atoms with Crippen LogP contribution < -0.4 is 0 Å². The number of ether oxygens (including phenoxy) is 1. The third-order valence-electron chi connectivity index (χ3n) is 2.54. The zero-order valence-corrected chi connectivity index (χ0v) is 7.67. The molecule has 2 unspecified atom stereocenters. The number of methoxy groups -OCH3 is 1. The molecule has 1 rings (SSSR count). The van der Waals surface area contributed by atoms with Gasteiger partial charge in [0.15, 0.2) is 5.60 Å². The Morgan fingerprint density at radius 1 is 1.67 bits per heavy atom. The topological polar surface area (TPSA) is 46.5 Å². The van der Waals surface area contributed by atoms with Crippen LogP contribution in [0.1, 0.15) is 32.6 Å². The predicted molar refractivity (Wildman–Crippen MR) is 44.6 cm³/mol. The summed E-state index contributed by atoms with van der Waals surface area (Å²) in [6.45, 7) is 2.05. The largest absolute Gasteiger partial charge is 0.467 e. The third-order valence-corrected chi connectivity index (χ3v) is 2.54. The highest BCUT2D eigenvalue weighted by molar-refractivity contribution is 5.79. The second-order valence-corrected chi connectivity index (χ2v) is 3.72. The summed E-state index contributed by atoms with van der Waals surface area (Å²) < 4.78 is 4.55. The summed E-state index contributed by atoms with van der Waals surface area (Å²) >= 11 is 0. The molecule has 0 amide bonds. The Kier molecular flexibility index (Phi) is 2.73. The molecule has 1 fully saturated rings. The molecule has 70 valence electrons. The SMILES string of the molecule is COC(=O)C1(O)CCCC(C)C1. The predicted octanol–water partition coefficient (Wildman–Crippen LogP) is 1.10. The average molecular weight is 172 g/mol. The minimum Gasteiger partial charge on any atom is -0.467 e. The lowest BCUT2D eigenvalue weighted by Gasteiger charge is -2.32. The highest BCUT2D eigenvalue weighted by Crippen LogP contribution is 2.32. The number of carbonyl (C=O) groups excluding carboxylic acids is 1. The zero-order valence-electron chi connectivity index (χ0n) is 7.67. The number of esters is 1. The van der Waals surface area contributed by atoms with Gasteiger partial charge in [-0.1, -0.05) is 13.3 Å². The molecule has 1 aliphatic rings. The van der Waals surface area contributed by atoms with Crippen molar-refractivity contribution in [2.24, 2.45) is 5.92 Å². The monoisotopic (exact) mass is 172 g/mol. The van der Waals surface area contributed by atoms with Crippen LogP contribution in [0, 0.1) is 5.92 Å². The lowest BCUT2D eigenvalue weighted by atomic mass is 9.79. The van der Waals surface area contributed by atoms with Gasteiger partial charge in [-0.2, -0.15) is 0 Å². The van der Waals surface area contributed by atoms with E-state index in [0.29, 0.717) is 18.8 Å². The smallest absolute Gasteiger partial charge is 0.337 e. The van der Waals surface area contributed by atoms with Crippen molar-refractivity contribution in [2.45, 2.75) is 38.2 Å². The second-order valence-electron chi connectivity index (χ2n) is 3.72. The van der Waals surface area contributed by atoms with Crippen molar-refractivity contribution >= 4 is 5.97 Å². The van der Waals surface area contributed by atoms with Crippen molar-refractivity contribution in [3.8, 4) is 0 Å². The summed E-state index contributed by atoms with van der Waals surface area (Å²) in [5, 5.41) is 9.84. The quantitative estimate of drug-likeness (QED) is 0.602. The molecule has 3 nitrogen and oxygen atoms in total. The first-order chi connectivity index (χ1) is 5.58. The van der Waals surface area contributed by atoms with E-state index < -0.39 is 11.6 Å². The summed E-state index contributed by atoms with van der Waals surface area (Å²) in [7, 11) is 1.32. The molecule has 12 heavy (non-hydrogen) atoms. The Bertz CT molecular complexity index is 179. The third kappa shape index (κ3) is 1.78. The molecule has 0 heterocycles. The van der Waals surface area contributed by atoms with Gasteiger partial charge in [-0.15, -0.1) is 0 Å². The van der Waals surface area contributed by atoms with E-state index in [1.165, 1.54) is 7.11 Å². The number of rotatable bonds is 1. The van der Waals surface area contributed by atoms with Crippen LogP contribution in [-0.4, -0.2) is 23.8 Å².